The Hall–Kier alpha value is -2.40. The molecular weight excluding hydrogens is 344 g/mol. The number of rotatable bonds is 4. The lowest BCUT2D eigenvalue weighted by atomic mass is 9.87. The van der Waals surface area contributed by atoms with E-state index in [1.54, 1.807) is 12.1 Å². The summed E-state index contributed by atoms with van der Waals surface area (Å²) in [5.74, 6) is 1.38. The van der Waals surface area contributed by atoms with E-state index >= 15 is 0 Å². The number of carbonyl (C=O) groups is 1. The molecule has 1 aromatic carbocycles. The zero-order valence-corrected chi connectivity index (χ0v) is 15.9. The highest BCUT2D eigenvalue weighted by atomic mass is 32.1. The van der Waals surface area contributed by atoms with Gasteiger partial charge in [0.1, 0.15) is 15.5 Å². The number of benzene rings is 1. The molecule has 0 radical (unpaired) electrons. The lowest BCUT2D eigenvalue weighted by Crippen LogP contribution is -2.12. The van der Waals surface area contributed by atoms with Gasteiger partial charge >= 0.3 is 0 Å². The van der Waals surface area contributed by atoms with Gasteiger partial charge in [-0.2, -0.15) is 0 Å². The van der Waals surface area contributed by atoms with E-state index in [0.717, 1.165) is 34.5 Å². The summed E-state index contributed by atoms with van der Waals surface area (Å²) in [4.78, 5) is 19.2. The number of ether oxygens (including phenoxy) is 1. The first-order valence-corrected chi connectivity index (χ1v) is 9.86. The van der Waals surface area contributed by atoms with E-state index in [9.17, 15) is 4.79 Å². The Bertz CT molecular complexity index is 976. The fourth-order valence-corrected chi connectivity index (χ4v) is 4.60. The van der Waals surface area contributed by atoms with Crippen LogP contribution in [0.2, 0.25) is 0 Å². The quantitative estimate of drug-likeness (QED) is 0.684. The molecule has 2 N–H and O–H groups in total. The highest BCUT2D eigenvalue weighted by molar-refractivity contribution is 7.21. The Kier molecular flexibility index (Phi) is 4.41. The number of nitrogens with zero attached hydrogens (tertiary/aromatic N) is 1. The van der Waals surface area contributed by atoms with Crippen LogP contribution in [-0.2, 0) is 12.8 Å². The van der Waals surface area contributed by atoms with Crippen LogP contribution in [-0.4, -0.2) is 17.4 Å². The summed E-state index contributed by atoms with van der Waals surface area (Å²) in [5.41, 5.74) is 9.96. The van der Waals surface area contributed by atoms with Gasteiger partial charge in [-0.05, 0) is 68.0 Å². The minimum atomic E-state index is -0.0557. The van der Waals surface area contributed by atoms with E-state index in [4.69, 9.17) is 15.5 Å². The number of aryl methyl sites for hydroxylation is 1. The maximum Gasteiger partial charge on any atom is 0.205 e. The number of hydrogen-bond acceptors (Lipinski definition) is 5. The summed E-state index contributed by atoms with van der Waals surface area (Å²) in [6.07, 6.45) is 3.21. The summed E-state index contributed by atoms with van der Waals surface area (Å²) in [6, 6.07) is 9.36. The first kappa shape index (κ1) is 17.0. The van der Waals surface area contributed by atoms with E-state index in [1.807, 2.05) is 19.1 Å². The van der Waals surface area contributed by atoms with Gasteiger partial charge in [-0.25, -0.2) is 4.98 Å². The second kappa shape index (κ2) is 6.72. The monoisotopic (exact) mass is 366 g/mol. The molecule has 26 heavy (non-hydrogen) atoms. The van der Waals surface area contributed by atoms with Crippen LogP contribution < -0.4 is 10.5 Å². The van der Waals surface area contributed by atoms with Gasteiger partial charge in [-0.1, -0.05) is 6.92 Å². The molecule has 4 rings (SSSR count). The fraction of sp³-hybridized carbons (Fsp3) is 0.333. The van der Waals surface area contributed by atoms with Crippen molar-refractivity contribution in [1.29, 1.82) is 0 Å². The summed E-state index contributed by atoms with van der Waals surface area (Å²) in [7, 11) is 0. The molecule has 1 aliphatic carbocycles. The summed E-state index contributed by atoms with van der Waals surface area (Å²) in [5, 5.41) is 0.914. The van der Waals surface area contributed by atoms with E-state index in [-0.39, 0.29) is 5.78 Å². The molecule has 0 amide bonds. The van der Waals surface area contributed by atoms with Crippen molar-refractivity contribution in [1.82, 2.24) is 4.98 Å². The van der Waals surface area contributed by atoms with Crippen molar-refractivity contribution in [2.24, 2.45) is 5.92 Å². The van der Waals surface area contributed by atoms with Crippen molar-refractivity contribution in [3.05, 3.63) is 52.0 Å². The molecule has 0 aliphatic heterocycles. The van der Waals surface area contributed by atoms with Crippen LogP contribution >= 0.6 is 11.3 Å². The molecule has 134 valence electrons. The predicted octanol–water partition coefficient (Wildman–Crippen LogP) is 4.63. The average molecular weight is 366 g/mol. The predicted molar refractivity (Wildman–Crippen MR) is 106 cm³/mol. The number of hydrogen-bond donors (Lipinski definition) is 1. The van der Waals surface area contributed by atoms with Gasteiger partial charge in [0.25, 0.3) is 0 Å². The van der Waals surface area contributed by atoms with Crippen LogP contribution in [0.3, 0.4) is 0 Å². The number of aromatic nitrogens is 1. The second-order valence-corrected chi connectivity index (χ2v) is 7.93. The zero-order valence-electron chi connectivity index (χ0n) is 15.0. The van der Waals surface area contributed by atoms with Crippen molar-refractivity contribution < 1.29 is 9.53 Å². The third-order valence-electron chi connectivity index (χ3n) is 4.97. The Morgan fingerprint density at radius 2 is 2.12 bits per heavy atom. The highest BCUT2D eigenvalue weighted by Crippen LogP contribution is 2.37. The molecule has 0 fully saturated rings. The van der Waals surface area contributed by atoms with Crippen LogP contribution in [0.4, 0.5) is 5.69 Å². The first-order valence-electron chi connectivity index (χ1n) is 9.05. The maximum absolute atomic E-state index is 12.9. The SMILES string of the molecule is CCOc1ccc(C(=O)c2sc3nc4c(cc3c2N)CC(C)CC4)cc1. The van der Waals surface area contributed by atoms with Crippen molar-refractivity contribution in [3.8, 4) is 5.75 Å². The number of ketones is 1. The standard InChI is InChI=1S/C21H22N2O2S/c1-3-25-15-7-5-13(6-8-15)19(24)20-18(22)16-11-14-10-12(2)4-9-17(14)23-21(16)26-20/h5-8,11-12H,3-4,9-10,22H2,1-2H3. The van der Waals surface area contributed by atoms with E-state index in [0.29, 0.717) is 28.7 Å². The third-order valence-corrected chi connectivity index (χ3v) is 6.08. The Morgan fingerprint density at radius 3 is 2.85 bits per heavy atom. The summed E-state index contributed by atoms with van der Waals surface area (Å²) >= 11 is 1.40. The summed E-state index contributed by atoms with van der Waals surface area (Å²) < 4.78 is 5.44. The first-order chi connectivity index (χ1) is 12.6. The number of thiophene rings is 1. The number of nitrogen functional groups attached to an aromatic ring is 1. The topological polar surface area (TPSA) is 65.2 Å². The number of fused-ring (bicyclic) bond motifs is 2. The van der Waals surface area contributed by atoms with E-state index < -0.39 is 0 Å². The van der Waals surface area contributed by atoms with Crippen molar-refractivity contribution >= 4 is 33.0 Å². The van der Waals surface area contributed by atoms with Crippen LogP contribution in [0.15, 0.2) is 30.3 Å². The van der Waals surface area contributed by atoms with Crippen molar-refractivity contribution in [3.63, 3.8) is 0 Å². The van der Waals surface area contributed by atoms with Crippen LogP contribution in [0.1, 0.15) is 46.8 Å². The summed E-state index contributed by atoms with van der Waals surface area (Å²) in [6.45, 7) is 4.81. The highest BCUT2D eigenvalue weighted by Gasteiger charge is 2.22. The lowest BCUT2D eigenvalue weighted by molar-refractivity contribution is 0.104. The minimum Gasteiger partial charge on any atom is -0.494 e. The van der Waals surface area contributed by atoms with Crippen molar-refractivity contribution in [2.45, 2.75) is 33.1 Å². The molecule has 0 spiro atoms. The second-order valence-electron chi connectivity index (χ2n) is 6.93. The van der Waals surface area contributed by atoms with Crippen molar-refractivity contribution in [2.75, 3.05) is 12.3 Å². The maximum atomic E-state index is 12.9. The molecule has 3 aromatic rings. The van der Waals surface area contributed by atoms with Gasteiger partial charge < -0.3 is 10.5 Å². The molecule has 1 aliphatic rings. The van der Waals surface area contributed by atoms with Crippen LogP contribution in [0.5, 0.6) is 5.75 Å². The number of pyridine rings is 1. The third kappa shape index (κ3) is 2.97. The van der Waals surface area contributed by atoms with Crippen LogP contribution in [0.25, 0.3) is 10.2 Å². The largest absolute Gasteiger partial charge is 0.494 e. The van der Waals surface area contributed by atoms with Gasteiger partial charge in [0.05, 0.1) is 12.3 Å². The number of anilines is 1. The number of nitrogens with two attached hydrogens (primary N) is 1. The Balaban J connectivity index is 1.72. The fourth-order valence-electron chi connectivity index (χ4n) is 3.54. The Labute approximate surface area is 157 Å². The van der Waals surface area contributed by atoms with Gasteiger partial charge in [-0.3, -0.25) is 4.79 Å². The minimum absolute atomic E-state index is 0.0557. The van der Waals surface area contributed by atoms with E-state index in [1.165, 1.54) is 23.3 Å². The van der Waals surface area contributed by atoms with Crippen LogP contribution in [0, 0.1) is 5.92 Å². The smallest absolute Gasteiger partial charge is 0.205 e. The lowest BCUT2D eigenvalue weighted by Gasteiger charge is -2.20. The number of carbonyl (C=O) groups excluding carboxylic acids is 1. The molecule has 4 nitrogen and oxygen atoms in total. The molecule has 2 heterocycles. The molecule has 0 bridgehead atoms. The average Bonchev–Trinajstić information content (AvgIpc) is 2.96. The zero-order chi connectivity index (χ0) is 18.3. The molecular formula is C21H22N2O2S. The Morgan fingerprint density at radius 1 is 1.35 bits per heavy atom. The van der Waals surface area contributed by atoms with E-state index in [2.05, 4.69) is 13.0 Å². The molecule has 0 saturated carbocycles. The molecule has 1 atom stereocenters. The van der Waals surface area contributed by atoms with Gasteiger partial charge in [-0.15, -0.1) is 11.3 Å². The van der Waals surface area contributed by atoms with Gasteiger partial charge in [0, 0.05) is 16.6 Å². The molecule has 2 aromatic heterocycles. The normalized spacial score (nSPS) is 16.5. The molecule has 5 heteroatoms. The van der Waals surface area contributed by atoms with Gasteiger partial charge in [0.15, 0.2) is 0 Å². The van der Waals surface area contributed by atoms with Gasteiger partial charge in [0.2, 0.25) is 5.78 Å². The molecule has 0 saturated heterocycles. The molecule has 1 unspecified atom stereocenters.